The minimum Gasteiger partial charge on any atom is -0.414 e. The molecule has 9 heavy (non-hydrogen) atoms. The van der Waals surface area contributed by atoms with Crippen LogP contribution in [0.1, 0.15) is 20.3 Å². The SMILES string of the molecule is C=C[SiH](C)OC(C)CC. The summed E-state index contributed by atoms with van der Waals surface area (Å²) in [4.78, 5) is 0. The Labute approximate surface area is 59.5 Å². The van der Waals surface area contributed by atoms with Crippen LogP contribution in [0.5, 0.6) is 0 Å². The quantitative estimate of drug-likeness (QED) is 0.547. The van der Waals surface area contributed by atoms with Gasteiger partial charge in [0.25, 0.3) is 0 Å². The van der Waals surface area contributed by atoms with E-state index in [1.807, 2.05) is 5.70 Å². The van der Waals surface area contributed by atoms with E-state index < -0.39 is 9.04 Å². The van der Waals surface area contributed by atoms with Crippen molar-refractivity contribution in [2.45, 2.75) is 32.9 Å². The number of hydrogen-bond donors (Lipinski definition) is 0. The van der Waals surface area contributed by atoms with Gasteiger partial charge in [-0.2, -0.15) is 0 Å². The number of rotatable bonds is 4. The molecule has 0 aliphatic rings. The normalized spacial score (nSPS) is 16.8. The highest BCUT2D eigenvalue weighted by Crippen LogP contribution is 1.98. The predicted octanol–water partition coefficient (Wildman–Crippen LogP) is 1.88. The fraction of sp³-hybridized carbons (Fsp3) is 0.714. The first-order valence-electron chi connectivity index (χ1n) is 3.48. The lowest BCUT2D eigenvalue weighted by Crippen LogP contribution is -2.17. The van der Waals surface area contributed by atoms with Crippen LogP contribution in [0.4, 0.5) is 0 Å². The molecular formula is C7H16OSi. The lowest BCUT2D eigenvalue weighted by atomic mass is 10.3. The molecule has 0 aromatic rings. The van der Waals surface area contributed by atoms with E-state index in [0.717, 1.165) is 6.42 Å². The van der Waals surface area contributed by atoms with Gasteiger partial charge in [0.15, 0.2) is 9.04 Å². The maximum Gasteiger partial charge on any atom is 0.197 e. The highest BCUT2D eigenvalue weighted by atomic mass is 28.3. The molecule has 0 fully saturated rings. The van der Waals surface area contributed by atoms with Crippen LogP contribution >= 0.6 is 0 Å². The van der Waals surface area contributed by atoms with Gasteiger partial charge < -0.3 is 4.43 Å². The Kier molecular flexibility index (Phi) is 4.72. The van der Waals surface area contributed by atoms with Crippen molar-refractivity contribution in [3.8, 4) is 0 Å². The van der Waals surface area contributed by atoms with Crippen LogP contribution in [-0.2, 0) is 4.43 Å². The lowest BCUT2D eigenvalue weighted by molar-refractivity contribution is 0.223. The second kappa shape index (κ2) is 4.76. The summed E-state index contributed by atoms with van der Waals surface area (Å²) < 4.78 is 5.57. The van der Waals surface area contributed by atoms with E-state index in [1.165, 1.54) is 0 Å². The molecule has 0 rings (SSSR count). The molecule has 54 valence electrons. The molecule has 0 heterocycles. The highest BCUT2D eigenvalue weighted by Gasteiger charge is 2.02. The minimum atomic E-state index is -0.993. The van der Waals surface area contributed by atoms with Gasteiger partial charge in [-0.1, -0.05) is 12.6 Å². The molecule has 0 aromatic heterocycles. The van der Waals surface area contributed by atoms with Gasteiger partial charge in [-0.15, -0.1) is 6.58 Å². The molecule has 0 saturated carbocycles. The van der Waals surface area contributed by atoms with E-state index in [1.54, 1.807) is 0 Å². The van der Waals surface area contributed by atoms with Crippen LogP contribution in [0.3, 0.4) is 0 Å². The van der Waals surface area contributed by atoms with Crippen LogP contribution in [0.25, 0.3) is 0 Å². The Morgan fingerprint density at radius 2 is 2.33 bits per heavy atom. The highest BCUT2D eigenvalue weighted by molar-refractivity contribution is 6.55. The smallest absolute Gasteiger partial charge is 0.197 e. The van der Waals surface area contributed by atoms with E-state index in [4.69, 9.17) is 4.43 Å². The van der Waals surface area contributed by atoms with Crippen molar-refractivity contribution in [2.75, 3.05) is 0 Å². The molecule has 2 atom stereocenters. The third-order valence-electron chi connectivity index (χ3n) is 1.35. The molecule has 0 aromatic carbocycles. The summed E-state index contributed by atoms with van der Waals surface area (Å²) in [7, 11) is -0.993. The molecule has 0 N–H and O–H groups in total. The van der Waals surface area contributed by atoms with Crippen LogP contribution < -0.4 is 0 Å². The van der Waals surface area contributed by atoms with Gasteiger partial charge in [-0.05, 0) is 19.9 Å². The van der Waals surface area contributed by atoms with Crippen molar-refractivity contribution in [1.82, 2.24) is 0 Å². The van der Waals surface area contributed by atoms with E-state index in [0.29, 0.717) is 6.10 Å². The van der Waals surface area contributed by atoms with E-state index >= 15 is 0 Å². The molecule has 0 amide bonds. The molecule has 0 spiro atoms. The van der Waals surface area contributed by atoms with E-state index in [-0.39, 0.29) is 0 Å². The van der Waals surface area contributed by atoms with Crippen molar-refractivity contribution >= 4 is 9.04 Å². The van der Waals surface area contributed by atoms with Crippen LogP contribution in [0, 0.1) is 0 Å². The Bertz CT molecular complexity index is 83.0. The third-order valence-corrected chi connectivity index (χ3v) is 2.91. The van der Waals surface area contributed by atoms with Gasteiger partial charge in [-0.3, -0.25) is 0 Å². The summed E-state index contributed by atoms with van der Waals surface area (Å²) in [5.74, 6) is 0. The van der Waals surface area contributed by atoms with E-state index in [2.05, 4.69) is 27.0 Å². The average Bonchev–Trinajstić information content (AvgIpc) is 1.87. The average molecular weight is 144 g/mol. The van der Waals surface area contributed by atoms with Crippen molar-refractivity contribution in [1.29, 1.82) is 0 Å². The fourth-order valence-electron chi connectivity index (χ4n) is 0.518. The maximum absolute atomic E-state index is 5.57. The second-order valence-corrected chi connectivity index (χ2v) is 4.45. The minimum absolute atomic E-state index is 0.421. The Morgan fingerprint density at radius 3 is 2.67 bits per heavy atom. The first kappa shape index (κ1) is 8.92. The molecular weight excluding hydrogens is 128 g/mol. The summed E-state index contributed by atoms with van der Waals surface area (Å²) in [5, 5.41) is 0. The zero-order chi connectivity index (χ0) is 7.28. The zero-order valence-corrected chi connectivity index (χ0v) is 7.71. The van der Waals surface area contributed by atoms with Crippen LogP contribution in [0.2, 0.25) is 6.55 Å². The van der Waals surface area contributed by atoms with Gasteiger partial charge >= 0.3 is 0 Å². The largest absolute Gasteiger partial charge is 0.414 e. The van der Waals surface area contributed by atoms with Crippen molar-refractivity contribution in [3.63, 3.8) is 0 Å². The summed E-state index contributed by atoms with van der Waals surface area (Å²) in [6, 6.07) is 0. The molecule has 2 unspecified atom stereocenters. The summed E-state index contributed by atoms with van der Waals surface area (Å²) in [6.07, 6.45) is 1.52. The van der Waals surface area contributed by atoms with Gasteiger partial charge in [0.05, 0.1) is 0 Å². The molecule has 0 aliphatic heterocycles. The lowest BCUT2D eigenvalue weighted by Gasteiger charge is -2.13. The van der Waals surface area contributed by atoms with Gasteiger partial charge in [0.1, 0.15) is 0 Å². The third kappa shape index (κ3) is 4.42. The van der Waals surface area contributed by atoms with Crippen LogP contribution in [-0.4, -0.2) is 15.1 Å². The molecule has 2 heteroatoms. The van der Waals surface area contributed by atoms with Crippen molar-refractivity contribution < 1.29 is 4.43 Å². The first-order chi connectivity index (χ1) is 4.20. The van der Waals surface area contributed by atoms with Crippen LogP contribution in [0.15, 0.2) is 12.3 Å². The number of hydrogen-bond acceptors (Lipinski definition) is 1. The molecule has 0 saturated heterocycles. The van der Waals surface area contributed by atoms with Crippen molar-refractivity contribution in [3.05, 3.63) is 12.3 Å². The Hall–Kier alpha value is -0.0831. The van der Waals surface area contributed by atoms with Gasteiger partial charge in [0, 0.05) is 6.10 Å². The fourth-order valence-corrected chi connectivity index (χ4v) is 1.55. The topological polar surface area (TPSA) is 9.23 Å². The van der Waals surface area contributed by atoms with Gasteiger partial charge in [-0.25, -0.2) is 0 Å². The molecule has 0 radical (unpaired) electrons. The first-order valence-corrected chi connectivity index (χ1v) is 5.78. The summed E-state index contributed by atoms with van der Waals surface area (Å²) in [6.45, 7) is 10.1. The monoisotopic (exact) mass is 144 g/mol. The Morgan fingerprint density at radius 1 is 1.78 bits per heavy atom. The Balaban J connectivity index is 3.33. The standard InChI is InChI=1S/C7H16OSi/c1-5-7(3)8-9(4)6-2/h6-7,9H,2,5H2,1,3-4H3. The predicted molar refractivity (Wildman–Crippen MR) is 44.0 cm³/mol. The zero-order valence-electron chi connectivity index (χ0n) is 6.55. The van der Waals surface area contributed by atoms with E-state index in [9.17, 15) is 0 Å². The molecule has 1 nitrogen and oxygen atoms in total. The molecule has 0 bridgehead atoms. The molecule has 0 aliphatic carbocycles. The van der Waals surface area contributed by atoms with Gasteiger partial charge in [0.2, 0.25) is 0 Å². The second-order valence-electron chi connectivity index (χ2n) is 2.30. The summed E-state index contributed by atoms with van der Waals surface area (Å²) >= 11 is 0. The summed E-state index contributed by atoms with van der Waals surface area (Å²) in [5.41, 5.74) is 1.95. The maximum atomic E-state index is 5.57. The van der Waals surface area contributed by atoms with Crippen molar-refractivity contribution in [2.24, 2.45) is 0 Å².